The van der Waals surface area contributed by atoms with Gasteiger partial charge in [0.2, 0.25) is 0 Å². The molecule has 4 aromatic heterocycles. The Labute approximate surface area is 341 Å². The Morgan fingerprint density at radius 2 is 1.60 bits per heavy atom. The molecule has 58 heavy (non-hydrogen) atoms. The third kappa shape index (κ3) is 9.92. The molecule has 17 heteroatoms. The monoisotopic (exact) mass is 829 g/mol. The summed E-state index contributed by atoms with van der Waals surface area (Å²) in [6.07, 6.45) is 1.76. The van der Waals surface area contributed by atoms with Crippen LogP contribution in [0.3, 0.4) is 0 Å². The highest BCUT2D eigenvalue weighted by Crippen LogP contribution is 2.39. The van der Waals surface area contributed by atoms with Gasteiger partial charge in [0, 0.05) is 16.1 Å². The molecule has 0 unspecified atom stereocenters. The number of benzene rings is 2. The van der Waals surface area contributed by atoms with Crippen LogP contribution in [0.25, 0.3) is 33.7 Å². The van der Waals surface area contributed by atoms with E-state index in [0.29, 0.717) is 39.7 Å². The molecule has 0 fully saturated rings. The second kappa shape index (κ2) is 16.5. The van der Waals surface area contributed by atoms with E-state index in [9.17, 15) is 18.0 Å². The molecule has 4 heterocycles. The van der Waals surface area contributed by atoms with Crippen LogP contribution in [0.5, 0.6) is 5.75 Å². The van der Waals surface area contributed by atoms with Crippen molar-refractivity contribution < 1.29 is 36.6 Å². The van der Waals surface area contributed by atoms with E-state index in [1.54, 1.807) is 104 Å². The van der Waals surface area contributed by atoms with Crippen LogP contribution in [0.1, 0.15) is 58.6 Å². The molecule has 0 saturated heterocycles. The molecule has 304 valence electrons. The molecule has 15 nitrogen and oxygen atoms in total. The summed E-state index contributed by atoms with van der Waals surface area (Å²) in [7, 11) is -4.11. The summed E-state index contributed by atoms with van der Waals surface area (Å²) in [6.45, 7) is 13.7. The van der Waals surface area contributed by atoms with Crippen molar-refractivity contribution in [3.63, 3.8) is 0 Å². The van der Waals surface area contributed by atoms with E-state index in [-0.39, 0.29) is 39.9 Å². The van der Waals surface area contributed by atoms with Crippen LogP contribution in [0.15, 0.2) is 88.5 Å². The molecular weight excluding hydrogens is 786 g/mol. The van der Waals surface area contributed by atoms with E-state index in [0.717, 1.165) is 9.65 Å². The Hall–Kier alpha value is -6.00. The summed E-state index contributed by atoms with van der Waals surface area (Å²) in [6, 6.07) is 17.8. The zero-order chi connectivity index (χ0) is 42.0. The van der Waals surface area contributed by atoms with Crippen LogP contribution < -0.4 is 15.4 Å². The van der Waals surface area contributed by atoms with Crippen molar-refractivity contribution in [2.45, 2.75) is 84.0 Å². The Morgan fingerprint density at radius 3 is 2.26 bits per heavy atom. The molecule has 1 atom stereocenters. The van der Waals surface area contributed by atoms with Crippen molar-refractivity contribution in [1.29, 1.82) is 0 Å². The van der Waals surface area contributed by atoms with Crippen LogP contribution in [0.2, 0.25) is 5.02 Å². The number of aryl methyl sites for hydroxylation is 2. The molecule has 0 saturated carbocycles. The lowest BCUT2D eigenvalue weighted by atomic mass is 10.0. The minimum absolute atomic E-state index is 0.000588. The number of amides is 2. The van der Waals surface area contributed by atoms with Gasteiger partial charge in [0.1, 0.15) is 29.1 Å². The largest absolute Gasteiger partial charge is 0.488 e. The molecule has 2 N–H and O–H groups in total. The van der Waals surface area contributed by atoms with Gasteiger partial charge >= 0.3 is 12.2 Å². The smallest absolute Gasteiger partial charge is 0.413 e. The second-order valence-electron chi connectivity index (χ2n) is 15.4. The average Bonchev–Trinajstić information content (AvgIpc) is 3.71. The van der Waals surface area contributed by atoms with Crippen molar-refractivity contribution in [2.24, 2.45) is 0 Å². The lowest BCUT2D eigenvalue weighted by Gasteiger charge is -2.25. The van der Waals surface area contributed by atoms with Crippen molar-refractivity contribution in [3.05, 3.63) is 101 Å². The third-order valence-electron chi connectivity index (χ3n) is 8.32. The number of hydrogen-bond donors (Lipinski definition) is 2. The molecular formula is C41H44ClN7O8S. The zero-order valence-electron chi connectivity index (χ0n) is 33.3. The summed E-state index contributed by atoms with van der Waals surface area (Å²) in [4.78, 5) is 40.6. The number of pyridine rings is 1. The summed E-state index contributed by atoms with van der Waals surface area (Å²) in [5.41, 5.74) is 1.37. The van der Waals surface area contributed by atoms with Gasteiger partial charge in [-0.1, -0.05) is 41.9 Å². The first-order valence-electron chi connectivity index (χ1n) is 18.3. The minimum Gasteiger partial charge on any atom is -0.488 e. The fraction of sp³-hybridized carbons (Fsp3) is 0.317. The van der Waals surface area contributed by atoms with Crippen LogP contribution in [0, 0.1) is 13.8 Å². The summed E-state index contributed by atoms with van der Waals surface area (Å²) in [5, 5.41) is 10.5. The number of carbonyl (C=O) groups excluding carboxylic acids is 2. The Kier molecular flexibility index (Phi) is 11.8. The first-order valence-corrected chi connectivity index (χ1v) is 20.1. The van der Waals surface area contributed by atoms with E-state index < -0.39 is 39.5 Å². The number of rotatable bonds is 11. The van der Waals surface area contributed by atoms with E-state index in [1.165, 1.54) is 24.6 Å². The number of hydrogen-bond acceptors (Lipinski definition) is 12. The minimum atomic E-state index is -4.11. The number of anilines is 1. The number of nitrogens with one attached hydrogen (secondary N) is 2. The van der Waals surface area contributed by atoms with Gasteiger partial charge in [0.05, 0.1) is 40.5 Å². The molecule has 0 spiro atoms. The van der Waals surface area contributed by atoms with Gasteiger partial charge in [0.25, 0.3) is 10.0 Å². The van der Waals surface area contributed by atoms with Crippen molar-refractivity contribution in [2.75, 3.05) is 11.9 Å². The van der Waals surface area contributed by atoms with Crippen molar-refractivity contribution >= 4 is 50.8 Å². The van der Waals surface area contributed by atoms with Gasteiger partial charge in [-0.25, -0.2) is 24.5 Å². The van der Waals surface area contributed by atoms with E-state index >= 15 is 0 Å². The van der Waals surface area contributed by atoms with Crippen molar-refractivity contribution in [1.82, 2.24) is 29.5 Å². The van der Waals surface area contributed by atoms with Crippen LogP contribution >= 0.6 is 11.6 Å². The summed E-state index contributed by atoms with van der Waals surface area (Å²) >= 11 is 6.29. The van der Waals surface area contributed by atoms with Crippen LogP contribution in [-0.2, 0) is 25.9 Å². The summed E-state index contributed by atoms with van der Waals surface area (Å²) in [5.74, 6) is 0.606. The molecule has 6 aromatic rings. The molecule has 0 aliphatic carbocycles. The first-order chi connectivity index (χ1) is 27.3. The first kappa shape index (κ1) is 41.6. The van der Waals surface area contributed by atoms with Gasteiger partial charge in [0.15, 0.2) is 17.2 Å². The topological polar surface area (TPSA) is 190 Å². The van der Waals surface area contributed by atoms with Gasteiger partial charge in [-0.3, -0.25) is 5.32 Å². The predicted octanol–water partition coefficient (Wildman–Crippen LogP) is 8.52. The van der Waals surface area contributed by atoms with E-state index in [1.807, 2.05) is 6.07 Å². The van der Waals surface area contributed by atoms with E-state index in [4.69, 9.17) is 40.2 Å². The maximum atomic E-state index is 13.6. The number of ether oxygens (including phenoxy) is 3. The number of fused-ring (bicyclic) bond motifs is 1. The number of halogens is 1. The van der Waals surface area contributed by atoms with Crippen LogP contribution in [0.4, 0.5) is 15.4 Å². The lowest BCUT2D eigenvalue weighted by Crippen LogP contribution is -2.43. The number of aromatic nitrogens is 5. The average molecular weight is 830 g/mol. The van der Waals surface area contributed by atoms with Gasteiger partial charge < -0.3 is 23.9 Å². The van der Waals surface area contributed by atoms with Crippen LogP contribution in [-0.4, -0.2) is 68.6 Å². The van der Waals surface area contributed by atoms with Gasteiger partial charge in [-0.2, -0.15) is 13.5 Å². The quantitative estimate of drug-likeness (QED) is 0.127. The highest BCUT2D eigenvalue weighted by molar-refractivity contribution is 7.90. The number of carbonyl (C=O) groups is 2. The Morgan fingerprint density at radius 1 is 0.897 bits per heavy atom. The number of alkyl carbamates (subject to hydrolysis) is 1. The fourth-order valence-electron chi connectivity index (χ4n) is 5.88. The lowest BCUT2D eigenvalue weighted by molar-refractivity contribution is 0.0487. The number of furan rings is 1. The molecule has 2 aromatic carbocycles. The Bertz CT molecular complexity index is 2580. The molecule has 2 amide bonds. The van der Waals surface area contributed by atoms with Gasteiger partial charge in [-0.15, -0.1) is 4.09 Å². The van der Waals surface area contributed by atoms with E-state index in [2.05, 4.69) is 20.7 Å². The Balaban J connectivity index is 1.47. The van der Waals surface area contributed by atoms with Gasteiger partial charge in [-0.05, 0) is 104 Å². The highest BCUT2D eigenvalue weighted by atomic mass is 35.5. The molecule has 0 radical (unpaired) electrons. The molecule has 0 aliphatic heterocycles. The molecule has 0 aliphatic rings. The third-order valence-corrected chi connectivity index (χ3v) is 10.1. The highest BCUT2D eigenvalue weighted by Gasteiger charge is 2.28. The zero-order valence-corrected chi connectivity index (χ0v) is 34.9. The maximum absolute atomic E-state index is 13.6. The summed E-state index contributed by atoms with van der Waals surface area (Å²) < 4.78 is 51.3. The molecule has 0 bridgehead atoms. The SMILES string of the molecule is Cc1occc1-c1nc(NC(=O)OC(C)(C)C)c(OC[C@H](Cc2cccc(Cl)c2)NC(=O)OC(C)(C)C)cc1-c1cnc2c(n1)c(C)nn2S(=O)(=O)c1ccccc1. The second-order valence-corrected chi connectivity index (χ2v) is 17.6. The fourth-order valence-corrected chi connectivity index (χ4v) is 7.38. The normalized spacial score (nSPS) is 12.6. The number of nitrogens with zero attached hydrogens (tertiary/aromatic N) is 5. The van der Waals surface area contributed by atoms with Crippen molar-refractivity contribution in [3.8, 4) is 28.3 Å². The maximum Gasteiger partial charge on any atom is 0.413 e. The molecule has 6 rings (SSSR count). The predicted molar refractivity (Wildman–Crippen MR) is 218 cm³/mol. The standard InChI is InChI=1S/C41H44ClN7O8S/c1-24-34-37(49(48-24)58(52,53)29-15-10-9-11-16-29)43-22-32(45-34)31-21-33(36(47-39(51)57-41(6,7)8)46-35(31)30-17-18-54-25(30)2)55-23-28(44-38(50)56-40(3,4)5)20-26-13-12-14-27(42)19-26/h9-19,21-22,28H,20,23H2,1-8H3,(H,44,50)(H,46,47,51)/t28-/m0/s1.